The van der Waals surface area contributed by atoms with E-state index in [1.165, 1.54) is 0 Å². The number of carbonyl (C=O) groups is 3. The van der Waals surface area contributed by atoms with Gasteiger partial charge in [-0.1, -0.05) is 0 Å². The van der Waals surface area contributed by atoms with E-state index in [-0.39, 0.29) is 35.6 Å². The molecule has 6 nitrogen and oxygen atoms in total. The van der Waals surface area contributed by atoms with Gasteiger partial charge >= 0.3 is 17.9 Å². The van der Waals surface area contributed by atoms with Crippen LogP contribution in [0.4, 0.5) is 65.9 Å². The average molecular weight is 775 g/mol. The number of hydrogen-bond donors (Lipinski definition) is 3. The molecule has 0 atom stereocenters. The van der Waals surface area contributed by atoms with Crippen molar-refractivity contribution in [3.63, 3.8) is 0 Å². The van der Waals surface area contributed by atoms with Gasteiger partial charge in [0, 0.05) is 35.6 Å². The second-order valence-corrected chi connectivity index (χ2v) is 6.75. The van der Waals surface area contributed by atoms with Crippen molar-refractivity contribution in [2.75, 3.05) is 0 Å². The molecular formula is C21H3F15LaO6. The Labute approximate surface area is 252 Å². The van der Waals surface area contributed by atoms with E-state index in [4.69, 9.17) is 15.3 Å². The van der Waals surface area contributed by atoms with E-state index in [1.54, 1.807) is 0 Å². The Bertz CT molecular complexity index is 1350. The molecule has 3 rings (SSSR count). The molecule has 43 heavy (non-hydrogen) atoms. The van der Waals surface area contributed by atoms with Crippen molar-refractivity contribution in [1.29, 1.82) is 0 Å². The van der Waals surface area contributed by atoms with Crippen LogP contribution in [0.5, 0.6) is 0 Å². The third-order valence-electron chi connectivity index (χ3n) is 4.27. The molecule has 0 spiro atoms. The first-order valence-electron chi connectivity index (χ1n) is 9.37. The van der Waals surface area contributed by atoms with Gasteiger partial charge in [-0.25, -0.2) is 80.2 Å². The minimum absolute atomic E-state index is 0. The van der Waals surface area contributed by atoms with Gasteiger partial charge in [-0.3, -0.25) is 0 Å². The van der Waals surface area contributed by atoms with Gasteiger partial charge in [0.1, 0.15) is 16.7 Å². The third kappa shape index (κ3) is 7.79. The van der Waals surface area contributed by atoms with Crippen molar-refractivity contribution in [2.45, 2.75) is 0 Å². The van der Waals surface area contributed by atoms with Crippen molar-refractivity contribution >= 4 is 17.9 Å². The Morgan fingerprint density at radius 1 is 0.279 bits per heavy atom. The van der Waals surface area contributed by atoms with Crippen LogP contribution in [0.2, 0.25) is 0 Å². The summed E-state index contributed by atoms with van der Waals surface area (Å²) in [5.41, 5.74) is -5.58. The number of aromatic carboxylic acids is 3. The first kappa shape index (κ1) is 39.2. The second-order valence-electron chi connectivity index (χ2n) is 6.75. The Kier molecular flexibility index (Phi) is 13.8. The van der Waals surface area contributed by atoms with Gasteiger partial charge < -0.3 is 15.3 Å². The van der Waals surface area contributed by atoms with Gasteiger partial charge in [0.2, 0.25) is 17.5 Å². The predicted molar refractivity (Wildman–Crippen MR) is 99.6 cm³/mol. The zero-order valence-corrected chi connectivity index (χ0v) is 22.9. The minimum Gasteiger partial charge on any atom is -0.477 e. The molecule has 1 radical (unpaired) electrons. The maximum absolute atomic E-state index is 12.6. The maximum Gasteiger partial charge on any atom is 0.341 e. The molecular weight excluding hydrogens is 772 g/mol. The van der Waals surface area contributed by atoms with Crippen molar-refractivity contribution in [1.82, 2.24) is 0 Å². The topological polar surface area (TPSA) is 112 Å². The third-order valence-corrected chi connectivity index (χ3v) is 4.27. The minimum atomic E-state index is -2.38. The molecule has 0 unspecified atom stereocenters. The molecule has 0 heterocycles. The van der Waals surface area contributed by atoms with Crippen molar-refractivity contribution < 1.29 is 131 Å². The standard InChI is InChI=1S/3C7HF5O2.La/c3*8-2-1(7(13)14)3(9)5(11)6(12)4(2)10;/h3*(H,13,14);. The van der Waals surface area contributed by atoms with Crippen LogP contribution in [-0.2, 0) is 0 Å². The summed E-state index contributed by atoms with van der Waals surface area (Å²) in [6, 6.07) is 0. The zero-order valence-electron chi connectivity index (χ0n) is 19.3. The van der Waals surface area contributed by atoms with Crippen molar-refractivity contribution in [2.24, 2.45) is 0 Å². The number of hydrogen-bond acceptors (Lipinski definition) is 3. The summed E-state index contributed by atoms with van der Waals surface area (Å²) in [4.78, 5) is 30.4. The van der Waals surface area contributed by atoms with E-state index < -0.39 is 122 Å². The number of carboxylic acids is 3. The molecule has 3 aromatic carbocycles. The average Bonchev–Trinajstić information content (AvgIpc) is 2.91. The van der Waals surface area contributed by atoms with Gasteiger partial charge in [0.15, 0.2) is 69.8 Å². The van der Waals surface area contributed by atoms with Crippen LogP contribution >= 0.6 is 0 Å². The summed E-state index contributed by atoms with van der Waals surface area (Å²) >= 11 is 0. The molecule has 0 aliphatic carbocycles. The van der Waals surface area contributed by atoms with Crippen LogP contribution in [0.3, 0.4) is 0 Å². The molecule has 0 saturated carbocycles. The Morgan fingerprint density at radius 2 is 0.372 bits per heavy atom. The van der Waals surface area contributed by atoms with E-state index in [0.29, 0.717) is 0 Å². The van der Waals surface area contributed by atoms with Gasteiger partial charge in [-0.05, 0) is 0 Å². The molecule has 0 bridgehead atoms. The molecule has 22 heteroatoms. The predicted octanol–water partition coefficient (Wildman–Crippen LogP) is 6.24. The first-order chi connectivity index (χ1) is 19.1. The van der Waals surface area contributed by atoms with Gasteiger partial charge in [-0.2, -0.15) is 0 Å². The monoisotopic (exact) mass is 775 g/mol. The number of benzene rings is 3. The van der Waals surface area contributed by atoms with Crippen LogP contribution in [0.25, 0.3) is 0 Å². The van der Waals surface area contributed by atoms with Gasteiger partial charge in [0.25, 0.3) is 0 Å². The van der Waals surface area contributed by atoms with Crippen molar-refractivity contribution in [3.8, 4) is 0 Å². The summed E-state index contributed by atoms with van der Waals surface area (Å²) in [6.45, 7) is 0. The summed E-state index contributed by atoms with van der Waals surface area (Å²) in [5, 5.41) is 24.5. The van der Waals surface area contributed by atoms with Crippen LogP contribution in [-0.4, -0.2) is 33.2 Å². The van der Waals surface area contributed by atoms with Crippen LogP contribution in [0.1, 0.15) is 31.1 Å². The fraction of sp³-hybridized carbons (Fsp3) is 0. The molecule has 0 saturated heterocycles. The number of rotatable bonds is 3. The van der Waals surface area contributed by atoms with E-state index in [0.717, 1.165) is 0 Å². The van der Waals surface area contributed by atoms with E-state index in [9.17, 15) is 80.2 Å². The summed E-state index contributed by atoms with van der Waals surface area (Å²) in [7, 11) is 0. The van der Waals surface area contributed by atoms with Gasteiger partial charge in [-0.15, -0.1) is 0 Å². The smallest absolute Gasteiger partial charge is 0.341 e. The van der Waals surface area contributed by atoms with Gasteiger partial charge in [0.05, 0.1) is 0 Å². The molecule has 0 aliphatic heterocycles. The quantitative estimate of drug-likeness (QED) is 0.165. The SMILES string of the molecule is O=C(O)c1c(F)c(F)c(F)c(F)c1F.O=C(O)c1c(F)c(F)c(F)c(F)c1F.O=C(O)c1c(F)c(F)c(F)c(F)c1F.[La]. The molecule has 0 amide bonds. The van der Waals surface area contributed by atoms with Crippen LogP contribution < -0.4 is 0 Å². The zero-order chi connectivity index (χ0) is 33.1. The van der Waals surface area contributed by atoms with Crippen LogP contribution in [0.15, 0.2) is 0 Å². The maximum atomic E-state index is 12.6. The molecule has 3 aromatic rings. The molecule has 0 fully saturated rings. The summed E-state index contributed by atoms with van der Waals surface area (Å²) < 4.78 is 186. The van der Waals surface area contributed by atoms with E-state index >= 15 is 0 Å². The van der Waals surface area contributed by atoms with Crippen LogP contribution in [0, 0.1) is 123 Å². The normalized spacial score (nSPS) is 10.1. The Morgan fingerprint density at radius 3 is 0.465 bits per heavy atom. The summed E-state index contributed by atoms with van der Waals surface area (Å²) in [5.74, 6) is -41.6. The molecule has 3 N–H and O–H groups in total. The Hall–Kier alpha value is -3.79. The first-order valence-corrected chi connectivity index (χ1v) is 9.37. The Balaban J connectivity index is 0.000000608. The molecule has 231 valence electrons. The molecule has 0 aromatic heterocycles. The largest absolute Gasteiger partial charge is 0.477 e. The second kappa shape index (κ2) is 15.1. The fourth-order valence-electron chi connectivity index (χ4n) is 2.38. The number of carboxylic acid groups (broad SMARTS) is 3. The summed E-state index contributed by atoms with van der Waals surface area (Å²) in [6.07, 6.45) is 0. The fourth-order valence-corrected chi connectivity index (χ4v) is 2.38. The number of halogens is 15. The molecule has 0 aliphatic rings. The van der Waals surface area contributed by atoms with E-state index in [2.05, 4.69) is 0 Å². The van der Waals surface area contributed by atoms with Crippen molar-refractivity contribution in [3.05, 3.63) is 104 Å². The van der Waals surface area contributed by atoms with E-state index in [1.807, 2.05) is 0 Å².